The van der Waals surface area contributed by atoms with Gasteiger partial charge in [-0.25, -0.2) is 0 Å². The van der Waals surface area contributed by atoms with Gasteiger partial charge in [0.1, 0.15) is 5.75 Å². The maximum atomic E-state index is 10.4. The first kappa shape index (κ1) is 20.8. The van der Waals surface area contributed by atoms with E-state index in [1.165, 1.54) is 5.56 Å². The van der Waals surface area contributed by atoms with Crippen LogP contribution in [0.25, 0.3) is 0 Å². The molecule has 5 nitrogen and oxygen atoms in total. The van der Waals surface area contributed by atoms with Crippen LogP contribution in [0.2, 0.25) is 0 Å². The average molecular weight is 385 g/mol. The van der Waals surface area contributed by atoms with Crippen molar-refractivity contribution in [3.8, 4) is 5.75 Å². The van der Waals surface area contributed by atoms with Crippen LogP contribution in [0.4, 0.5) is 0 Å². The first-order valence-corrected chi connectivity index (χ1v) is 10.1. The number of methoxy groups -OCH3 is 1. The minimum atomic E-state index is -0.476. The van der Waals surface area contributed by atoms with Crippen molar-refractivity contribution in [3.63, 3.8) is 0 Å². The minimum Gasteiger partial charge on any atom is -0.496 e. The van der Waals surface area contributed by atoms with Gasteiger partial charge in [0.2, 0.25) is 0 Å². The van der Waals surface area contributed by atoms with E-state index in [0.717, 1.165) is 50.5 Å². The average Bonchev–Trinajstić information content (AvgIpc) is 2.94. The summed E-state index contributed by atoms with van der Waals surface area (Å²) in [5, 5.41) is 10.4. The molecule has 28 heavy (non-hydrogen) atoms. The zero-order chi connectivity index (χ0) is 19.6. The van der Waals surface area contributed by atoms with E-state index in [4.69, 9.17) is 9.47 Å². The zero-order valence-corrected chi connectivity index (χ0v) is 16.8. The van der Waals surface area contributed by atoms with Gasteiger partial charge in [0.05, 0.1) is 26.4 Å². The SMILES string of the molecule is COc1ccccc1COCC(O)CN1CCCN(Cc2ccccc2)CC1. The third kappa shape index (κ3) is 6.60. The highest BCUT2D eigenvalue weighted by Crippen LogP contribution is 2.18. The molecule has 152 valence electrons. The number of β-amino-alcohol motifs (C(OH)–C–C–N with tert-alkyl or cyclic N) is 1. The number of aliphatic hydroxyl groups is 1. The van der Waals surface area contributed by atoms with Gasteiger partial charge in [-0.1, -0.05) is 48.5 Å². The Balaban J connectivity index is 1.38. The van der Waals surface area contributed by atoms with E-state index >= 15 is 0 Å². The van der Waals surface area contributed by atoms with Crippen molar-refractivity contribution in [3.05, 3.63) is 65.7 Å². The Hall–Kier alpha value is -1.92. The van der Waals surface area contributed by atoms with Crippen LogP contribution in [-0.2, 0) is 17.9 Å². The molecule has 1 atom stereocenters. The molecule has 1 N–H and O–H groups in total. The fourth-order valence-electron chi connectivity index (χ4n) is 3.68. The number of ether oxygens (including phenoxy) is 2. The van der Waals surface area contributed by atoms with Gasteiger partial charge < -0.3 is 14.6 Å². The minimum absolute atomic E-state index is 0.336. The first-order chi connectivity index (χ1) is 13.7. The summed E-state index contributed by atoms with van der Waals surface area (Å²) in [6.45, 7) is 6.58. The molecule has 0 saturated carbocycles. The molecule has 0 radical (unpaired) electrons. The van der Waals surface area contributed by atoms with E-state index in [-0.39, 0.29) is 0 Å². The Morgan fingerprint density at radius 3 is 2.46 bits per heavy atom. The number of hydrogen-bond donors (Lipinski definition) is 1. The van der Waals surface area contributed by atoms with Crippen molar-refractivity contribution in [2.75, 3.05) is 46.4 Å². The summed E-state index contributed by atoms with van der Waals surface area (Å²) in [5.41, 5.74) is 2.37. The third-order valence-electron chi connectivity index (χ3n) is 5.16. The summed E-state index contributed by atoms with van der Waals surface area (Å²) in [6, 6.07) is 18.5. The number of benzene rings is 2. The maximum Gasteiger partial charge on any atom is 0.124 e. The van der Waals surface area contributed by atoms with Gasteiger partial charge in [0.25, 0.3) is 0 Å². The summed E-state index contributed by atoms with van der Waals surface area (Å²) < 4.78 is 11.1. The molecule has 1 heterocycles. The molecule has 1 unspecified atom stereocenters. The number of hydrogen-bond acceptors (Lipinski definition) is 5. The summed E-state index contributed by atoms with van der Waals surface area (Å²) >= 11 is 0. The molecule has 1 fully saturated rings. The highest BCUT2D eigenvalue weighted by Gasteiger charge is 2.18. The third-order valence-corrected chi connectivity index (χ3v) is 5.16. The fraction of sp³-hybridized carbons (Fsp3) is 0.478. The second kappa shape index (κ2) is 11.2. The lowest BCUT2D eigenvalue weighted by Crippen LogP contribution is -2.37. The maximum absolute atomic E-state index is 10.4. The summed E-state index contributed by atoms with van der Waals surface area (Å²) in [7, 11) is 1.66. The largest absolute Gasteiger partial charge is 0.496 e. The van der Waals surface area contributed by atoms with E-state index in [9.17, 15) is 5.11 Å². The zero-order valence-electron chi connectivity index (χ0n) is 16.8. The topological polar surface area (TPSA) is 45.2 Å². The summed E-state index contributed by atoms with van der Waals surface area (Å²) in [5.74, 6) is 0.822. The molecular formula is C23H32N2O3. The Morgan fingerprint density at radius 2 is 1.64 bits per heavy atom. The Labute approximate surface area is 168 Å². The van der Waals surface area contributed by atoms with Crippen molar-refractivity contribution in [2.45, 2.75) is 25.7 Å². The Morgan fingerprint density at radius 1 is 0.929 bits per heavy atom. The molecule has 5 heteroatoms. The lowest BCUT2D eigenvalue weighted by atomic mass is 10.2. The van der Waals surface area contributed by atoms with Crippen molar-refractivity contribution >= 4 is 0 Å². The molecule has 0 amide bonds. The standard InChI is InChI=1S/C23H32N2O3/c1-27-23-11-6-5-10-21(23)18-28-19-22(26)17-25-13-7-12-24(14-15-25)16-20-8-3-2-4-9-20/h2-6,8-11,22,26H,7,12-19H2,1H3. The van der Waals surface area contributed by atoms with Gasteiger partial charge in [0.15, 0.2) is 0 Å². The molecule has 0 spiro atoms. The molecule has 0 aliphatic carbocycles. The molecule has 1 aliphatic rings. The monoisotopic (exact) mass is 384 g/mol. The van der Waals surface area contributed by atoms with Crippen molar-refractivity contribution in [1.29, 1.82) is 0 Å². The molecule has 1 saturated heterocycles. The number of para-hydroxylation sites is 1. The van der Waals surface area contributed by atoms with Crippen LogP contribution >= 0.6 is 0 Å². The van der Waals surface area contributed by atoms with Crippen LogP contribution in [0.1, 0.15) is 17.5 Å². The van der Waals surface area contributed by atoms with Crippen LogP contribution in [-0.4, -0.2) is 67.5 Å². The van der Waals surface area contributed by atoms with Crippen LogP contribution in [0, 0.1) is 0 Å². The number of rotatable bonds is 9. The Bertz CT molecular complexity index is 695. The summed E-state index contributed by atoms with van der Waals surface area (Å²) in [4.78, 5) is 4.85. The van der Waals surface area contributed by atoms with Crippen molar-refractivity contribution < 1.29 is 14.6 Å². The van der Waals surface area contributed by atoms with Crippen LogP contribution < -0.4 is 4.74 Å². The quantitative estimate of drug-likeness (QED) is 0.720. The van der Waals surface area contributed by atoms with E-state index < -0.39 is 6.10 Å². The molecule has 0 aromatic heterocycles. The van der Waals surface area contributed by atoms with Gasteiger partial charge in [-0.2, -0.15) is 0 Å². The fourth-order valence-corrected chi connectivity index (χ4v) is 3.68. The smallest absolute Gasteiger partial charge is 0.124 e. The van der Waals surface area contributed by atoms with Crippen molar-refractivity contribution in [1.82, 2.24) is 9.80 Å². The second-order valence-electron chi connectivity index (χ2n) is 7.40. The van der Waals surface area contributed by atoms with Gasteiger partial charge in [-0.15, -0.1) is 0 Å². The lowest BCUT2D eigenvalue weighted by molar-refractivity contribution is 0.00998. The van der Waals surface area contributed by atoms with Crippen LogP contribution in [0.5, 0.6) is 5.75 Å². The van der Waals surface area contributed by atoms with Gasteiger partial charge in [-0.05, 0) is 31.1 Å². The Kier molecular flexibility index (Phi) is 8.30. The van der Waals surface area contributed by atoms with Crippen molar-refractivity contribution in [2.24, 2.45) is 0 Å². The molecule has 0 bridgehead atoms. The van der Waals surface area contributed by atoms with Crippen LogP contribution in [0.15, 0.2) is 54.6 Å². The van der Waals surface area contributed by atoms with Crippen LogP contribution in [0.3, 0.4) is 0 Å². The first-order valence-electron chi connectivity index (χ1n) is 10.1. The van der Waals surface area contributed by atoms with Gasteiger partial charge in [0, 0.05) is 31.7 Å². The lowest BCUT2D eigenvalue weighted by Gasteiger charge is -2.24. The predicted molar refractivity (Wildman–Crippen MR) is 111 cm³/mol. The molecular weight excluding hydrogens is 352 g/mol. The molecule has 2 aromatic carbocycles. The normalized spacial score (nSPS) is 17.2. The van der Waals surface area contributed by atoms with E-state index in [2.05, 4.69) is 40.1 Å². The molecule has 3 rings (SSSR count). The number of aliphatic hydroxyl groups excluding tert-OH is 1. The van der Waals surface area contributed by atoms with E-state index in [1.54, 1.807) is 7.11 Å². The van der Waals surface area contributed by atoms with Gasteiger partial charge >= 0.3 is 0 Å². The highest BCUT2D eigenvalue weighted by molar-refractivity contribution is 5.32. The predicted octanol–water partition coefficient (Wildman–Crippen LogP) is 2.78. The highest BCUT2D eigenvalue weighted by atomic mass is 16.5. The summed E-state index contributed by atoms with van der Waals surface area (Å²) in [6.07, 6.45) is 0.650. The molecule has 2 aromatic rings. The van der Waals surface area contributed by atoms with E-state index in [0.29, 0.717) is 19.8 Å². The van der Waals surface area contributed by atoms with Gasteiger partial charge in [-0.3, -0.25) is 9.80 Å². The second-order valence-corrected chi connectivity index (χ2v) is 7.40. The molecule has 1 aliphatic heterocycles. The van der Waals surface area contributed by atoms with E-state index in [1.807, 2.05) is 24.3 Å². The number of nitrogens with zero attached hydrogens (tertiary/aromatic N) is 2.